The first kappa shape index (κ1) is 14.8. The molecule has 0 bridgehead atoms. The summed E-state index contributed by atoms with van der Waals surface area (Å²) in [6.45, 7) is 2.06. The van der Waals surface area contributed by atoms with E-state index in [2.05, 4.69) is 17.2 Å². The van der Waals surface area contributed by atoms with Crippen molar-refractivity contribution in [2.45, 2.75) is 19.8 Å². The maximum absolute atomic E-state index is 12.3. The van der Waals surface area contributed by atoms with Crippen molar-refractivity contribution in [3.63, 3.8) is 0 Å². The quantitative estimate of drug-likeness (QED) is 0.885. The highest BCUT2D eigenvalue weighted by atomic mass is 16.5. The Morgan fingerprint density at radius 2 is 2.10 bits per heavy atom. The second kappa shape index (κ2) is 6.74. The number of benzene rings is 1. The number of amides is 1. The number of aryl methyl sites for hydroxylation is 1. The van der Waals surface area contributed by atoms with Crippen LogP contribution < -0.4 is 15.8 Å². The van der Waals surface area contributed by atoms with Crippen molar-refractivity contribution in [1.82, 2.24) is 4.98 Å². The van der Waals surface area contributed by atoms with Crippen molar-refractivity contribution in [2.75, 3.05) is 18.2 Å². The van der Waals surface area contributed by atoms with Crippen LogP contribution in [0, 0.1) is 0 Å². The summed E-state index contributed by atoms with van der Waals surface area (Å²) in [6, 6.07) is 10.6. The highest BCUT2D eigenvalue weighted by molar-refractivity contribution is 6.05. The minimum atomic E-state index is -0.231. The van der Waals surface area contributed by atoms with Crippen molar-refractivity contribution in [3.05, 3.63) is 47.7 Å². The van der Waals surface area contributed by atoms with E-state index < -0.39 is 0 Å². The lowest BCUT2D eigenvalue weighted by Gasteiger charge is -2.10. The van der Waals surface area contributed by atoms with Gasteiger partial charge >= 0.3 is 0 Å². The molecule has 0 unspecified atom stereocenters. The monoisotopic (exact) mass is 285 g/mol. The standard InChI is InChI=1S/C16H19N3O2/c1-3-6-12-9-11(10-15(17)18-12)16(20)19-13-7-4-5-8-14(13)21-2/h4-5,7-10H,3,6H2,1-2H3,(H2,17,18)(H,19,20). The van der Waals surface area contributed by atoms with Crippen LogP contribution in [-0.4, -0.2) is 18.0 Å². The lowest BCUT2D eigenvalue weighted by atomic mass is 10.1. The summed E-state index contributed by atoms with van der Waals surface area (Å²) in [7, 11) is 1.56. The maximum Gasteiger partial charge on any atom is 0.255 e. The average molecular weight is 285 g/mol. The largest absolute Gasteiger partial charge is 0.495 e. The van der Waals surface area contributed by atoms with Gasteiger partial charge in [-0.3, -0.25) is 4.79 Å². The SMILES string of the molecule is CCCc1cc(C(=O)Nc2ccccc2OC)cc(N)n1. The molecule has 0 fully saturated rings. The molecule has 1 aromatic carbocycles. The minimum absolute atomic E-state index is 0.231. The van der Waals surface area contributed by atoms with Gasteiger partial charge in [0.15, 0.2) is 0 Å². The molecule has 0 aliphatic rings. The van der Waals surface area contributed by atoms with Gasteiger partial charge in [-0.1, -0.05) is 25.5 Å². The second-order valence-electron chi connectivity index (χ2n) is 4.68. The fourth-order valence-corrected chi connectivity index (χ4v) is 2.07. The first-order valence-corrected chi connectivity index (χ1v) is 6.85. The van der Waals surface area contributed by atoms with Gasteiger partial charge in [-0.25, -0.2) is 4.98 Å². The molecule has 0 saturated carbocycles. The van der Waals surface area contributed by atoms with E-state index in [9.17, 15) is 4.79 Å². The summed E-state index contributed by atoms with van der Waals surface area (Å²) in [6.07, 6.45) is 1.74. The van der Waals surface area contributed by atoms with E-state index in [0.29, 0.717) is 22.8 Å². The van der Waals surface area contributed by atoms with Gasteiger partial charge in [0.2, 0.25) is 0 Å². The van der Waals surface area contributed by atoms with Gasteiger partial charge in [0.25, 0.3) is 5.91 Å². The Kier molecular flexibility index (Phi) is 4.77. The molecule has 0 spiro atoms. The topological polar surface area (TPSA) is 77.2 Å². The smallest absolute Gasteiger partial charge is 0.255 e. The van der Waals surface area contributed by atoms with E-state index in [1.54, 1.807) is 31.4 Å². The number of carbonyl (C=O) groups excluding carboxylic acids is 1. The highest BCUT2D eigenvalue weighted by Gasteiger charge is 2.11. The van der Waals surface area contributed by atoms with E-state index >= 15 is 0 Å². The zero-order valence-corrected chi connectivity index (χ0v) is 12.2. The van der Waals surface area contributed by atoms with Gasteiger partial charge in [0, 0.05) is 11.3 Å². The van der Waals surface area contributed by atoms with Gasteiger partial charge in [0.05, 0.1) is 12.8 Å². The van der Waals surface area contributed by atoms with E-state index in [1.807, 2.05) is 12.1 Å². The molecule has 21 heavy (non-hydrogen) atoms. The van der Waals surface area contributed by atoms with Crippen LogP contribution in [0.5, 0.6) is 5.75 Å². The Labute approximate surface area is 124 Å². The van der Waals surface area contributed by atoms with E-state index in [4.69, 9.17) is 10.5 Å². The molecule has 0 saturated heterocycles. The van der Waals surface area contributed by atoms with E-state index in [1.165, 1.54) is 0 Å². The number of nitrogen functional groups attached to an aromatic ring is 1. The molecule has 1 amide bonds. The maximum atomic E-state index is 12.3. The number of hydrogen-bond donors (Lipinski definition) is 2. The molecule has 2 rings (SSSR count). The number of methoxy groups -OCH3 is 1. The third-order valence-corrected chi connectivity index (χ3v) is 3.02. The molecule has 2 aromatic rings. The molecule has 5 heteroatoms. The van der Waals surface area contributed by atoms with Gasteiger partial charge in [-0.05, 0) is 30.7 Å². The summed E-state index contributed by atoms with van der Waals surface area (Å²) in [5.41, 5.74) is 7.70. The molecule has 0 atom stereocenters. The van der Waals surface area contributed by atoms with Crippen molar-refractivity contribution < 1.29 is 9.53 Å². The Hall–Kier alpha value is -2.56. The van der Waals surface area contributed by atoms with E-state index in [-0.39, 0.29) is 5.91 Å². The number of anilines is 2. The average Bonchev–Trinajstić information content (AvgIpc) is 2.47. The van der Waals surface area contributed by atoms with Crippen LogP contribution in [0.3, 0.4) is 0 Å². The molecule has 1 aromatic heterocycles. The minimum Gasteiger partial charge on any atom is -0.495 e. The van der Waals surface area contributed by atoms with Crippen LogP contribution in [0.1, 0.15) is 29.4 Å². The number of hydrogen-bond acceptors (Lipinski definition) is 4. The third kappa shape index (κ3) is 3.72. The van der Waals surface area contributed by atoms with Crippen molar-refractivity contribution in [2.24, 2.45) is 0 Å². The predicted molar refractivity (Wildman–Crippen MR) is 83.6 cm³/mol. The fraction of sp³-hybridized carbons (Fsp3) is 0.250. The first-order valence-electron chi connectivity index (χ1n) is 6.85. The summed E-state index contributed by atoms with van der Waals surface area (Å²) in [4.78, 5) is 16.6. The third-order valence-electron chi connectivity index (χ3n) is 3.02. The van der Waals surface area contributed by atoms with Gasteiger partial charge in [0.1, 0.15) is 11.6 Å². The van der Waals surface area contributed by atoms with Crippen molar-refractivity contribution in [3.8, 4) is 5.75 Å². The fourth-order valence-electron chi connectivity index (χ4n) is 2.07. The van der Waals surface area contributed by atoms with Gasteiger partial charge < -0.3 is 15.8 Å². The number of pyridine rings is 1. The molecular formula is C16H19N3O2. The number of para-hydroxylation sites is 2. The van der Waals surface area contributed by atoms with Crippen LogP contribution in [0.15, 0.2) is 36.4 Å². The lowest BCUT2D eigenvalue weighted by Crippen LogP contribution is -2.14. The van der Waals surface area contributed by atoms with Crippen LogP contribution in [0.25, 0.3) is 0 Å². The van der Waals surface area contributed by atoms with Crippen LogP contribution in [-0.2, 0) is 6.42 Å². The molecule has 0 radical (unpaired) electrons. The van der Waals surface area contributed by atoms with Gasteiger partial charge in [-0.2, -0.15) is 0 Å². The zero-order chi connectivity index (χ0) is 15.2. The molecule has 0 aliphatic carbocycles. The number of nitrogens with one attached hydrogen (secondary N) is 1. The lowest BCUT2D eigenvalue weighted by molar-refractivity contribution is 0.102. The van der Waals surface area contributed by atoms with Crippen LogP contribution in [0.2, 0.25) is 0 Å². The van der Waals surface area contributed by atoms with Crippen LogP contribution in [0.4, 0.5) is 11.5 Å². The van der Waals surface area contributed by atoms with Crippen molar-refractivity contribution in [1.29, 1.82) is 0 Å². The second-order valence-corrected chi connectivity index (χ2v) is 4.68. The van der Waals surface area contributed by atoms with Crippen molar-refractivity contribution >= 4 is 17.4 Å². The predicted octanol–water partition coefficient (Wildman–Crippen LogP) is 2.88. The number of ether oxygens (including phenoxy) is 1. The summed E-state index contributed by atoms with van der Waals surface area (Å²) in [5.74, 6) is 0.735. The summed E-state index contributed by atoms with van der Waals surface area (Å²) < 4.78 is 5.22. The number of nitrogens with two attached hydrogens (primary N) is 1. The molecular weight excluding hydrogens is 266 g/mol. The Balaban J connectivity index is 2.24. The number of nitrogens with zero attached hydrogens (tertiary/aromatic N) is 1. The van der Waals surface area contributed by atoms with E-state index in [0.717, 1.165) is 18.5 Å². The Morgan fingerprint density at radius 3 is 2.81 bits per heavy atom. The number of carbonyl (C=O) groups is 1. The van der Waals surface area contributed by atoms with Gasteiger partial charge in [-0.15, -0.1) is 0 Å². The highest BCUT2D eigenvalue weighted by Crippen LogP contribution is 2.24. The first-order chi connectivity index (χ1) is 10.1. The zero-order valence-electron chi connectivity index (χ0n) is 12.2. The molecule has 5 nitrogen and oxygen atoms in total. The molecule has 110 valence electrons. The molecule has 1 heterocycles. The summed E-state index contributed by atoms with van der Waals surface area (Å²) in [5, 5.41) is 2.83. The Morgan fingerprint density at radius 1 is 1.33 bits per heavy atom. The Bertz CT molecular complexity index is 641. The summed E-state index contributed by atoms with van der Waals surface area (Å²) >= 11 is 0. The molecule has 0 aliphatic heterocycles. The number of aromatic nitrogens is 1. The number of rotatable bonds is 5. The normalized spacial score (nSPS) is 10.2. The van der Waals surface area contributed by atoms with Crippen LogP contribution >= 0.6 is 0 Å². The molecule has 3 N–H and O–H groups in total.